The van der Waals surface area contributed by atoms with E-state index in [2.05, 4.69) is 24.3 Å². The number of sulfonamides is 1. The Labute approximate surface area is 180 Å². The van der Waals surface area contributed by atoms with Gasteiger partial charge in [0, 0.05) is 38.8 Å². The number of amides is 2. The quantitative estimate of drug-likeness (QED) is 0.691. The topological polar surface area (TPSA) is 60.9 Å². The van der Waals surface area contributed by atoms with Crippen molar-refractivity contribution in [1.29, 1.82) is 0 Å². The monoisotopic (exact) mass is 453 g/mol. The predicted molar refractivity (Wildman–Crippen MR) is 115 cm³/mol. The molecule has 0 bridgehead atoms. The van der Waals surface area contributed by atoms with Crippen LogP contribution < -0.4 is 0 Å². The number of rotatable bonds is 5. The SMILES string of the molecule is Cc1ccc(CN2CCN(C3CCN(S(=O)(=O)c4ccc(Cl)s4)CC3)C2=O)cc1. The van der Waals surface area contributed by atoms with Gasteiger partial charge in [0.05, 0.1) is 4.34 Å². The molecule has 6 nitrogen and oxygen atoms in total. The lowest BCUT2D eigenvalue weighted by Crippen LogP contribution is -2.47. The highest BCUT2D eigenvalue weighted by Gasteiger charge is 2.37. The Kier molecular flexibility index (Phi) is 5.88. The van der Waals surface area contributed by atoms with E-state index in [4.69, 9.17) is 11.6 Å². The number of halogens is 1. The third-order valence-electron chi connectivity index (χ3n) is 5.63. The molecule has 0 radical (unpaired) electrons. The number of thiophene rings is 1. The normalized spacial score (nSPS) is 19.3. The number of aryl methyl sites for hydroxylation is 1. The van der Waals surface area contributed by atoms with Crippen molar-refractivity contribution >= 4 is 39.0 Å². The summed E-state index contributed by atoms with van der Waals surface area (Å²) in [6.45, 7) is 4.91. The van der Waals surface area contributed by atoms with Crippen LogP contribution in [0.1, 0.15) is 24.0 Å². The van der Waals surface area contributed by atoms with Crippen molar-refractivity contribution < 1.29 is 13.2 Å². The molecule has 3 heterocycles. The molecule has 9 heteroatoms. The summed E-state index contributed by atoms with van der Waals surface area (Å²) >= 11 is 6.98. The number of hydrogen-bond acceptors (Lipinski definition) is 4. The van der Waals surface area contributed by atoms with Gasteiger partial charge >= 0.3 is 6.03 Å². The van der Waals surface area contributed by atoms with Crippen LogP contribution in [-0.4, -0.2) is 60.8 Å². The Hall–Kier alpha value is -1.61. The van der Waals surface area contributed by atoms with E-state index < -0.39 is 10.0 Å². The van der Waals surface area contributed by atoms with Gasteiger partial charge in [-0.15, -0.1) is 11.3 Å². The van der Waals surface area contributed by atoms with Crippen LogP contribution in [0.25, 0.3) is 0 Å². The van der Waals surface area contributed by atoms with Crippen molar-refractivity contribution in [3.8, 4) is 0 Å². The minimum absolute atomic E-state index is 0.0527. The van der Waals surface area contributed by atoms with E-state index in [1.807, 2.05) is 16.7 Å². The largest absolute Gasteiger partial charge is 0.320 e. The van der Waals surface area contributed by atoms with Crippen molar-refractivity contribution in [2.75, 3.05) is 26.2 Å². The molecule has 29 heavy (non-hydrogen) atoms. The van der Waals surface area contributed by atoms with E-state index >= 15 is 0 Å². The minimum Gasteiger partial charge on any atom is -0.320 e. The summed E-state index contributed by atoms with van der Waals surface area (Å²) in [4.78, 5) is 16.7. The van der Waals surface area contributed by atoms with E-state index in [1.165, 1.54) is 9.87 Å². The fraction of sp³-hybridized carbons (Fsp3) is 0.450. The number of carbonyl (C=O) groups is 1. The summed E-state index contributed by atoms with van der Waals surface area (Å²) in [6, 6.07) is 11.5. The number of urea groups is 1. The zero-order chi connectivity index (χ0) is 20.6. The first-order chi connectivity index (χ1) is 13.8. The molecule has 2 amide bonds. The van der Waals surface area contributed by atoms with Gasteiger partial charge < -0.3 is 9.80 Å². The van der Waals surface area contributed by atoms with Gasteiger partial charge in [-0.25, -0.2) is 13.2 Å². The molecule has 2 aliphatic rings. The average molecular weight is 454 g/mol. The number of nitrogens with zero attached hydrogens (tertiary/aromatic N) is 3. The van der Waals surface area contributed by atoms with Crippen molar-refractivity contribution in [1.82, 2.24) is 14.1 Å². The molecule has 2 fully saturated rings. The summed E-state index contributed by atoms with van der Waals surface area (Å²) in [5, 5.41) is 0. The fourth-order valence-electron chi connectivity index (χ4n) is 3.96. The summed E-state index contributed by atoms with van der Waals surface area (Å²) in [5.74, 6) is 0. The third kappa shape index (κ3) is 4.30. The van der Waals surface area contributed by atoms with E-state index in [0.717, 1.165) is 16.9 Å². The second kappa shape index (κ2) is 8.26. The maximum Gasteiger partial charge on any atom is 0.320 e. The lowest BCUT2D eigenvalue weighted by Gasteiger charge is -2.35. The van der Waals surface area contributed by atoms with Crippen LogP contribution in [0.15, 0.2) is 40.6 Å². The molecule has 0 N–H and O–H groups in total. The molecule has 2 saturated heterocycles. The first-order valence-corrected chi connectivity index (χ1v) is 12.3. The number of hydrogen-bond donors (Lipinski definition) is 0. The zero-order valence-electron chi connectivity index (χ0n) is 16.3. The Balaban J connectivity index is 1.35. The smallest absolute Gasteiger partial charge is 0.320 e. The van der Waals surface area contributed by atoms with Crippen LogP contribution in [0.3, 0.4) is 0 Å². The van der Waals surface area contributed by atoms with Crippen molar-refractivity contribution in [3.63, 3.8) is 0 Å². The first kappa shape index (κ1) is 20.7. The molecule has 0 spiro atoms. The van der Waals surface area contributed by atoms with Gasteiger partial charge in [-0.1, -0.05) is 41.4 Å². The molecule has 0 unspecified atom stereocenters. The first-order valence-electron chi connectivity index (χ1n) is 9.71. The highest BCUT2D eigenvalue weighted by atomic mass is 35.5. The summed E-state index contributed by atoms with van der Waals surface area (Å²) < 4.78 is 27.8. The lowest BCUT2D eigenvalue weighted by molar-refractivity contribution is 0.153. The fourth-order valence-corrected chi connectivity index (χ4v) is 7.07. The predicted octanol–water partition coefficient (Wildman–Crippen LogP) is 3.80. The van der Waals surface area contributed by atoms with Gasteiger partial charge in [-0.05, 0) is 37.5 Å². The molecular weight excluding hydrogens is 430 g/mol. The second-order valence-electron chi connectivity index (χ2n) is 7.58. The van der Waals surface area contributed by atoms with E-state index in [1.54, 1.807) is 12.1 Å². The number of piperidine rings is 1. The van der Waals surface area contributed by atoms with Crippen LogP contribution in [0, 0.1) is 6.92 Å². The van der Waals surface area contributed by atoms with Gasteiger partial charge in [0.15, 0.2) is 0 Å². The molecular formula is C20H24ClN3O3S2. The molecule has 1 aromatic carbocycles. The molecule has 0 atom stereocenters. The molecule has 2 aromatic rings. The molecule has 0 aliphatic carbocycles. The molecule has 4 rings (SSSR count). The standard InChI is InChI=1S/C20H24ClN3O3S2/c1-15-2-4-16(5-3-15)14-22-12-13-24(20(22)25)17-8-10-23(11-9-17)29(26,27)19-7-6-18(21)28-19/h2-7,17H,8-14H2,1H3. The van der Waals surface area contributed by atoms with Crippen LogP contribution in [0.5, 0.6) is 0 Å². The van der Waals surface area contributed by atoms with Gasteiger partial charge in [-0.2, -0.15) is 4.31 Å². The van der Waals surface area contributed by atoms with Crippen molar-refractivity contribution in [2.24, 2.45) is 0 Å². The molecule has 2 aliphatic heterocycles. The lowest BCUT2D eigenvalue weighted by atomic mass is 10.1. The van der Waals surface area contributed by atoms with Gasteiger partial charge in [0.2, 0.25) is 0 Å². The van der Waals surface area contributed by atoms with Crippen LogP contribution >= 0.6 is 22.9 Å². The van der Waals surface area contributed by atoms with Crippen LogP contribution in [0.4, 0.5) is 4.79 Å². The van der Waals surface area contributed by atoms with Crippen LogP contribution in [0.2, 0.25) is 4.34 Å². The van der Waals surface area contributed by atoms with Gasteiger partial charge in [0.1, 0.15) is 4.21 Å². The second-order valence-corrected chi connectivity index (χ2v) is 11.5. The number of carbonyl (C=O) groups excluding carboxylic acids is 1. The zero-order valence-corrected chi connectivity index (χ0v) is 18.6. The highest BCUT2D eigenvalue weighted by Crippen LogP contribution is 2.31. The van der Waals surface area contributed by atoms with E-state index in [0.29, 0.717) is 49.9 Å². The number of benzene rings is 1. The van der Waals surface area contributed by atoms with E-state index in [-0.39, 0.29) is 16.3 Å². The Morgan fingerprint density at radius 1 is 1.03 bits per heavy atom. The Morgan fingerprint density at radius 3 is 2.34 bits per heavy atom. The Morgan fingerprint density at radius 2 is 1.72 bits per heavy atom. The summed E-state index contributed by atoms with van der Waals surface area (Å²) in [5.41, 5.74) is 2.33. The molecule has 1 aromatic heterocycles. The van der Waals surface area contributed by atoms with E-state index in [9.17, 15) is 13.2 Å². The van der Waals surface area contributed by atoms with Crippen molar-refractivity contribution in [3.05, 3.63) is 51.9 Å². The summed E-state index contributed by atoms with van der Waals surface area (Å²) in [6.07, 6.45) is 1.31. The molecule has 156 valence electrons. The highest BCUT2D eigenvalue weighted by molar-refractivity contribution is 7.91. The maximum atomic E-state index is 12.9. The maximum absolute atomic E-state index is 12.9. The summed E-state index contributed by atoms with van der Waals surface area (Å²) in [7, 11) is -3.50. The third-order valence-corrected chi connectivity index (χ3v) is 9.23. The van der Waals surface area contributed by atoms with Gasteiger partial charge in [-0.3, -0.25) is 0 Å². The van der Waals surface area contributed by atoms with Crippen molar-refractivity contribution in [2.45, 2.75) is 36.6 Å². The minimum atomic E-state index is -3.50. The average Bonchev–Trinajstić information content (AvgIpc) is 3.30. The Bertz CT molecular complexity index is 983. The molecule has 0 saturated carbocycles. The van der Waals surface area contributed by atoms with Gasteiger partial charge in [0.25, 0.3) is 10.0 Å². The van der Waals surface area contributed by atoms with Crippen LogP contribution in [-0.2, 0) is 16.6 Å².